The second kappa shape index (κ2) is 7.08. The van der Waals surface area contributed by atoms with E-state index in [1.54, 1.807) is 12.2 Å². The van der Waals surface area contributed by atoms with Crippen LogP contribution in [0.2, 0.25) is 0 Å². The molecule has 0 saturated heterocycles. The highest BCUT2D eigenvalue weighted by molar-refractivity contribution is 5.84. The Balaban J connectivity index is 3.08. The topological polar surface area (TPSA) is 0 Å². The Kier molecular flexibility index (Phi) is 5.40. The van der Waals surface area contributed by atoms with E-state index in [0.717, 1.165) is 22.3 Å². The highest BCUT2D eigenvalue weighted by Gasteiger charge is 2.06. The summed E-state index contributed by atoms with van der Waals surface area (Å²) in [6.45, 7) is 15.5. The highest BCUT2D eigenvalue weighted by Crippen LogP contribution is 2.27. The lowest BCUT2D eigenvalue weighted by molar-refractivity contribution is 1.54. The van der Waals surface area contributed by atoms with E-state index in [-0.39, 0.29) is 0 Å². The van der Waals surface area contributed by atoms with Gasteiger partial charge in [-0.25, -0.2) is 0 Å². The van der Waals surface area contributed by atoms with E-state index in [1.807, 2.05) is 48.6 Å². The Morgan fingerprint density at radius 1 is 0.944 bits per heavy atom. The standard InChI is InChI=1S/C18H18/c1-5-7-12-15(3)16(4)18(11-6-2)17-13-9-8-10-14-17/h5-14H,1-4H2/b12-7-,18-11+. The van der Waals surface area contributed by atoms with Gasteiger partial charge in [-0.3, -0.25) is 0 Å². The second-order valence-electron chi connectivity index (χ2n) is 3.78. The molecule has 0 amide bonds. The molecule has 0 N–H and O–H groups in total. The highest BCUT2D eigenvalue weighted by atomic mass is 14.1. The summed E-state index contributed by atoms with van der Waals surface area (Å²) in [5.41, 5.74) is 3.89. The van der Waals surface area contributed by atoms with Crippen molar-refractivity contribution in [1.82, 2.24) is 0 Å². The average Bonchev–Trinajstić information content (AvgIpc) is 2.42. The summed E-state index contributed by atoms with van der Waals surface area (Å²) in [7, 11) is 0. The molecule has 18 heavy (non-hydrogen) atoms. The molecule has 0 atom stereocenters. The summed E-state index contributed by atoms with van der Waals surface area (Å²) in [6.07, 6.45) is 9.18. The Bertz CT molecular complexity index is 510. The lowest BCUT2D eigenvalue weighted by Gasteiger charge is -2.11. The molecular formula is C18H18. The largest absolute Gasteiger partial charge is 0.0991 e. The van der Waals surface area contributed by atoms with Gasteiger partial charge in [0, 0.05) is 0 Å². The fraction of sp³-hybridized carbons (Fsp3) is 0. The van der Waals surface area contributed by atoms with Crippen molar-refractivity contribution in [3.63, 3.8) is 0 Å². The smallest absolute Gasteiger partial charge is 0.0112 e. The molecule has 0 spiro atoms. The molecule has 0 unspecified atom stereocenters. The Morgan fingerprint density at radius 2 is 1.61 bits per heavy atom. The summed E-state index contributed by atoms with van der Waals surface area (Å²) < 4.78 is 0. The molecule has 90 valence electrons. The summed E-state index contributed by atoms with van der Waals surface area (Å²) in [5, 5.41) is 0. The van der Waals surface area contributed by atoms with Gasteiger partial charge in [0.2, 0.25) is 0 Å². The van der Waals surface area contributed by atoms with Crippen LogP contribution < -0.4 is 0 Å². The van der Waals surface area contributed by atoms with Gasteiger partial charge >= 0.3 is 0 Å². The van der Waals surface area contributed by atoms with Crippen molar-refractivity contribution in [2.75, 3.05) is 0 Å². The number of hydrogen-bond donors (Lipinski definition) is 0. The molecule has 0 aliphatic heterocycles. The molecule has 0 nitrogen and oxygen atoms in total. The average molecular weight is 234 g/mol. The fourth-order valence-corrected chi connectivity index (χ4v) is 1.56. The number of hydrogen-bond acceptors (Lipinski definition) is 0. The first-order valence-corrected chi connectivity index (χ1v) is 5.76. The second-order valence-corrected chi connectivity index (χ2v) is 3.78. The van der Waals surface area contributed by atoms with E-state index >= 15 is 0 Å². The first kappa shape index (κ1) is 13.7. The van der Waals surface area contributed by atoms with Crippen LogP contribution in [0, 0.1) is 0 Å². The number of allylic oxidation sites excluding steroid dienone is 8. The maximum Gasteiger partial charge on any atom is -0.0112 e. The zero-order valence-corrected chi connectivity index (χ0v) is 10.6. The van der Waals surface area contributed by atoms with Crippen LogP contribution in [0.15, 0.2) is 98.2 Å². The monoisotopic (exact) mass is 234 g/mol. The summed E-state index contributed by atoms with van der Waals surface area (Å²) >= 11 is 0. The van der Waals surface area contributed by atoms with Crippen molar-refractivity contribution in [3.8, 4) is 0 Å². The van der Waals surface area contributed by atoms with Gasteiger partial charge in [0.1, 0.15) is 0 Å². The molecule has 0 bridgehead atoms. The van der Waals surface area contributed by atoms with E-state index in [0.29, 0.717) is 0 Å². The van der Waals surface area contributed by atoms with E-state index in [4.69, 9.17) is 0 Å². The van der Waals surface area contributed by atoms with Crippen LogP contribution in [-0.2, 0) is 0 Å². The van der Waals surface area contributed by atoms with Gasteiger partial charge in [-0.15, -0.1) is 0 Å². The van der Waals surface area contributed by atoms with Crippen LogP contribution in [0.25, 0.3) is 5.57 Å². The molecule has 1 aromatic carbocycles. The first-order chi connectivity index (χ1) is 8.70. The SMILES string of the molecule is C=C/C=C\C(=C)C(=C)/C(=C\C=C)c1ccccc1. The normalized spacial score (nSPS) is 11.2. The molecule has 0 radical (unpaired) electrons. The minimum atomic E-state index is 0.867. The van der Waals surface area contributed by atoms with E-state index in [9.17, 15) is 0 Å². The van der Waals surface area contributed by atoms with Crippen LogP contribution in [-0.4, -0.2) is 0 Å². The van der Waals surface area contributed by atoms with Crippen molar-refractivity contribution in [3.05, 3.63) is 104 Å². The molecule has 0 aliphatic rings. The fourth-order valence-electron chi connectivity index (χ4n) is 1.56. The van der Waals surface area contributed by atoms with Crippen LogP contribution in [0.5, 0.6) is 0 Å². The van der Waals surface area contributed by atoms with Crippen molar-refractivity contribution in [1.29, 1.82) is 0 Å². The summed E-state index contributed by atoms with van der Waals surface area (Å²) in [5.74, 6) is 0. The van der Waals surface area contributed by atoms with Crippen LogP contribution >= 0.6 is 0 Å². The van der Waals surface area contributed by atoms with Gasteiger partial charge in [0.25, 0.3) is 0 Å². The van der Waals surface area contributed by atoms with Crippen molar-refractivity contribution in [2.45, 2.75) is 0 Å². The van der Waals surface area contributed by atoms with Crippen LogP contribution in [0.1, 0.15) is 5.56 Å². The molecule has 0 aliphatic carbocycles. The zero-order valence-electron chi connectivity index (χ0n) is 10.6. The van der Waals surface area contributed by atoms with Gasteiger partial charge in [-0.05, 0) is 22.3 Å². The molecule has 0 heterocycles. The van der Waals surface area contributed by atoms with Crippen LogP contribution in [0.3, 0.4) is 0 Å². The predicted octanol–water partition coefficient (Wildman–Crippen LogP) is 5.11. The minimum absolute atomic E-state index is 0.867. The van der Waals surface area contributed by atoms with Crippen molar-refractivity contribution >= 4 is 5.57 Å². The molecule has 0 aromatic heterocycles. The van der Waals surface area contributed by atoms with Gasteiger partial charge in [-0.2, -0.15) is 0 Å². The van der Waals surface area contributed by atoms with Gasteiger partial charge < -0.3 is 0 Å². The van der Waals surface area contributed by atoms with Crippen molar-refractivity contribution < 1.29 is 0 Å². The summed E-state index contributed by atoms with van der Waals surface area (Å²) in [4.78, 5) is 0. The third kappa shape index (κ3) is 3.60. The molecule has 1 aromatic rings. The summed E-state index contributed by atoms with van der Waals surface area (Å²) in [6, 6.07) is 10.1. The molecule has 0 saturated carbocycles. The van der Waals surface area contributed by atoms with Gasteiger partial charge in [0.15, 0.2) is 0 Å². The quantitative estimate of drug-likeness (QED) is 0.600. The van der Waals surface area contributed by atoms with E-state index in [2.05, 4.69) is 26.3 Å². The van der Waals surface area contributed by atoms with Gasteiger partial charge in [-0.1, -0.05) is 87.0 Å². The van der Waals surface area contributed by atoms with E-state index < -0.39 is 0 Å². The first-order valence-electron chi connectivity index (χ1n) is 5.76. The maximum absolute atomic E-state index is 4.10. The van der Waals surface area contributed by atoms with Gasteiger partial charge in [0.05, 0.1) is 0 Å². The Hall–Kier alpha value is -2.34. The molecule has 1 rings (SSSR count). The maximum atomic E-state index is 4.10. The Morgan fingerprint density at radius 3 is 2.17 bits per heavy atom. The van der Waals surface area contributed by atoms with Crippen molar-refractivity contribution in [2.24, 2.45) is 0 Å². The minimum Gasteiger partial charge on any atom is -0.0991 e. The lowest BCUT2D eigenvalue weighted by atomic mass is 9.93. The Labute approximate surface area is 110 Å². The lowest BCUT2D eigenvalue weighted by Crippen LogP contribution is -1.90. The molecular weight excluding hydrogens is 216 g/mol. The predicted molar refractivity (Wildman–Crippen MR) is 82.2 cm³/mol. The molecule has 0 fully saturated rings. The third-order valence-corrected chi connectivity index (χ3v) is 2.52. The van der Waals surface area contributed by atoms with Crippen LogP contribution in [0.4, 0.5) is 0 Å². The zero-order chi connectivity index (χ0) is 13.4. The number of benzene rings is 1. The molecule has 0 heteroatoms. The van der Waals surface area contributed by atoms with E-state index in [1.165, 1.54) is 0 Å². The third-order valence-electron chi connectivity index (χ3n) is 2.52. The number of rotatable bonds is 6.